The normalized spacial score (nSPS) is 10.1. The number of hydrogen-bond donors (Lipinski definition) is 2. The second-order valence-corrected chi connectivity index (χ2v) is 5.11. The van der Waals surface area contributed by atoms with Gasteiger partial charge in [0, 0.05) is 22.9 Å². The van der Waals surface area contributed by atoms with Crippen molar-refractivity contribution in [2.45, 2.75) is 9.10 Å². The van der Waals surface area contributed by atoms with Crippen molar-refractivity contribution < 1.29 is 0 Å². The van der Waals surface area contributed by atoms with Gasteiger partial charge >= 0.3 is 0 Å². The first kappa shape index (κ1) is 10.2. The van der Waals surface area contributed by atoms with E-state index in [9.17, 15) is 0 Å². The fraction of sp³-hybridized carbons (Fsp3) is 0. The Morgan fingerprint density at radius 3 is 3.00 bits per heavy atom. The zero-order chi connectivity index (χ0) is 10.7. The fourth-order valence-electron chi connectivity index (χ4n) is 1.11. The molecule has 0 aliphatic carbocycles. The van der Waals surface area contributed by atoms with Gasteiger partial charge in [-0.2, -0.15) is 0 Å². The molecule has 0 aliphatic rings. The molecule has 0 unspecified atom stereocenters. The number of nitrogen functional groups attached to an aromatic ring is 1. The summed E-state index contributed by atoms with van der Waals surface area (Å²) in [5.41, 5.74) is 6.23. The van der Waals surface area contributed by atoms with Crippen molar-refractivity contribution in [2.24, 2.45) is 5.73 Å². The van der Waals surface area contributed by atoms with Gasteiger partial charge in [-0.3, -0.25) is 10.4 Å². The SMILES string of the molecule is N=C(N)c1ccncc1Sc1cccs1. The Bertz CT molecular complexity index is 465. The first-order valence-corrected chi connectivity index (χ1v) is 5.97. The molecule has 2 aromatic heterocycles. The largest absolute Gasteiger partial charge is 0.384 e. The minimum absolute atomic E-state index is 0.0801. The van der Waals surface area contributed by atoms with E-state index in [0.717, 1.165) is 10.5 Å². The molecular weight excluding hydrogens is 226 g/mol. The highest BCUT2D eigenvalue weighted by Crippen LogP contribution is 2.32. The third kappa shape index (κ3) is 2.37. The number of amidine groups is 1. The van der Waals surface area contributed by atoms with E-state index in [1.54, 1.807) is 41.6 Å². The molecule has 0 saturated carbocycles. The quantitative estimate of drug-likeness (QED) is 0.635. The number of nitrogens with two attached hydrogens (primary N) is 1. The Hall–Kier alpha value is -1.33. The highest BCUT2D eigenvalue weighted by Gasteiger charge is 2.06. The standard InChI is InChI=1S/C10H9N3S2/c11-10(12)7-3-4-13-6-8(7)15-9-2-1-5-14-9/h1-6H,(H3,11,12). The summed E-state index contributed by atoms with van der Waals surface area (Å²) in [7, 11) is 0. The smallest absolute Gasteiger partial charge is 0.124 e. The summed E-state index contributed by atoms with van der Waals surface area (Å²) in [6, 6.07) is 5.79. The number of thiophene rings is 1. The first-order valence-electron chi connectivity index (χ1n) is 4.27. The molecule has 0 saturated heterocycles. The Labute approximate surface area is 95.9 Å². The number of nitrogens with one attached hydrogen (secondary N) is 1. The molecule has 0 fully saturated rings. The van der Waals surface area contributed by atoms with E-state index in [1.165, 1.54) is 4.21 Å². The van der Waals surface area contributed by atoms with Crippen molar-refractivity contribution in [3.8, 4) is 0 Å². The summed E-state index contributed by atoms with van der Waals surface area (Å²) in [4.78, 5) is 4.96. The minimum Gasteiger partial charge on any atom is -0.384 e. The Morgan fingerprint density at radius 2 is 2.33 bits per heavy atom. The van der Waals surface area contributed by atoms with E-state index in [0.29, 0.717) is 0 Å². The lowest BCUT2D eigenvalue weighted by atomic mass is 10.2. The van der Waals surface area contributed by atoms with Gasteiger partial charge in [0.1, 0.15) is 5.84 Å². The van der Waals surface area contributed by atoms with Crippen LogP contribution in [0, 0.1) is 5.41 Å². The maximum absolute atomic E-state index is 7.45. The number of hydrogen-bond acceptors (Lipinski definition) is 4. The number of rotatable bonds is 3. The predicted molar refractivity (Wildman–Crippen MR) is 63.7 cm³/mol. The average molecular weight is 235 g/mol. The van der Waals surface area contributed by atoms with E-state index in [2.05, 4.69) is 4.98 Å². The zero-order valence-electron chi connectivity index (χ0n) is 7.81. The van der Waals surface area contributed by atoms with Crippen LogP contribution in [0.5, 0.6) is 0 Å². The topological polar surface area (TPSA) is 62.8 Å². The van der Waals surface area contributed by atoms with Crippen molar-refractivity contribution in [2.75, 3.05) is 0 Å². The molecule has 0 aliphatic heterocycles. The third-order valence-electron chi connectivity index (χ3n) is 1.78. The highest BCUT2D eigenvalue weighted by molar-refractivity contribution is 8.01. The predicted octanol–water partition coefficient (Wildman–Crippen LogP) is 2.58. The van der Waals surface area contributed by atoms with Gasteiger partial charge in [-0.15, -0.1) is 11.3 Å². The van der Waals surface area contributed by atoms with Crippen LogP contribution in [0.4, 0.5) is 0 Å². The Balaban J connectivity index is 2.32. The monoisotopic (exact) mass is 235 g/mol. The molecule has 0 radical (unpaired) electrons. The second-order valence-electron chi connectivity index (χ2n) is 2.82. The van der Waals surface area contributed by atoms with Gasteiger partial charge in [-0.05, 0) is 17.5 Å². The lowest BCUT2D eigenvalue weighted by Gasteiger charge is -2.04. The second kappa shape index (κ2) is 4.46. The van der Waals surface area contributed by atoms with E-state index in [-0.39, 0.29) is 5.84 Å². The van der Waals surface area contributed by atoms with Gasteiger partial charge < -0.3 is 5.73 Å². The van der Waals surface area contributed by atoms with Gasteiger partial charge in [0.25, 0.3) is 0 Å². The first-order chi connectivity index (χ1) is 7.27. The molecule has 0 atom stereocenters. The molecule has 15 heavy (non-hydrogen) atoms. The van der Waals surface area contributed by atoms with E-state index in [1.807, 2.05) is 17.5 Å². The summed E-state index contributed by atoms with van der Waals surface area (Å²) in [6.07, 6.45) is 3.39. The van der Waals surface area contributed by atoms with E-state index in [4.69, 9.17) is 11.1 Å². The van der Waals surface area contributed by atoms with Crippen molar-refractivity contribution in [1.82, 2.24) is 4.98 Å². The summed E-state index contributed by atoms with van der Waals surface area (Å²) in [6.45, 7) is 0. The van der Waals surface area contributed by atoms with E-state index < -0.39 is 0 Å². The van der Waals surface area contributed by atoms with Crippen LogP contribution < -0.4 is 5.73 Å². The molecule has 3 nitrogen and oxygen atoms in total. The summed E-state index contributed by atoms with van der Waals surface area (Å²) < 4.78 is 1.17. The van der Waals surface area contributed by atoms with Crippen LogP contribution in [0.15, 0.2) is 45.1 Å². The summed E-state index contributed by atoms with van der Waals surface area (Å²) in [5.74, 6) is 0.0801. The van der Waals surface area contributed by atoms with Crippen LogP contribution >= 0.6 is 23.1 Å². The number of aromatic nitrogens is 1. The van der Waals surface area contributed by atoms with Crippen molar-refractivity contribution >= 4 is 28.9 Å². The fourth-order valence-corrected chi connectivity index (χ4v) is 2.96. The van der Waals surface area contributed by atoms with Crippen LogP contribution in [0.2, 0.25) is 0 Å². The van der Waals surface area contributed by atoms with E-state index >= 15 is 0 Å². The molecule has 0 aromatic carbocycles. The Morgan fingerprint density at radius 1 is 1.47 bits per heavy atom. The van der Waals surface area contributed by atoms with Gasteiger partial charge in [0.15, 0.2) is 0 Å². The van der Waals surface area contributed by atoms with Crippen molar-refractivity contribution in [3.05, 3.63) is 41.5 Å². The van der Waals surface area contributed by atoms with Gasteiger partial charge in [0.2, 0.25) is 0 Å². The maximum atomic E-state index is 7.45. The van der Waals surface area contributed by atoms with Crippen molar-refractivity contribution in [1.29, 1.82) is 5.41 Å². The lowest BCUT2D eigenvalue weighted by molar-refractivity contribution is 1.21. The summed E-state index contributed by atoms with van der Waals surface area (Å²) in [5, 5.41) is 9.47. The third-order valence-corrected chi connectivity index (χ3v) is 3.86. The minimum atomic E-state index is 0.0801. The molecule has 0 spiro atoms. The summed E-state index contributed by atoms with van der Waals surface area (Å²) >= 11 is 3.25. The van der Waals surface area contributed by atoms with Gasteiger partial charge in [-0.25, -0.2) is 0 Å². The molecule has 2 aromatic rings. The van der Waals surface area contributed by atoms with Crippen LogP contribution in [-0.4, -0.2) is 10.8 Å². The zero-order valence-corrected chi connectivity index (χ0v) is 9.44. The molecule has 0 amide bonds. The molecule has 76 valence electrons. The lowest BCUT2D eigenvalue weighted by Crippen LogP contribution is -2.12. The molecular formula is C10H9N3S2. The molecule has 2 rings (SSSR count). The van der Waals surface area contributed by atoms with Gasteiger partial charge in [0.05, 0.1) is 4.21 Å². The molecule has 0 bridgehead atoms. The van der Waals surface area contributed by atoms with Gasteiger partial charge in [-0.1, -0.05) is 17.8 Å². The molecule has 5 heteroatoms. The number of pyridine rings is 1. The maximum Gasteiger partial charge on any atom is 0.124 e. The van der Waals surface area contributed by atoms with Crippen LogP contribution in [0.1, 0.15) is 5.56 Å². The van der Waals surface area contributed by atoms with Crippen LogP contribution in [0.25, 0.3) is 0 Å². The Kier molecular flexibility index (Phi) is 3.03. The number of nitrogens with zero attached hydrogens (tertiary/aromatic N) is 1. The van der Waals surface area contributed by atoms with Crippen LogP contribution in [-0.2, 0) is 0 Å². The van der Waals surface area contributed by atoms with Crippen LogP contribution in [0.3, 0.4) is 0 Å². The highest BCUT2D eigenvalue weighted by atomic mass is 32.2. The molecule has 2 heterocycles. The molecule has 3 N–H and O–H groups in total. The van der Waals surface area contributed by atoms with Crippen molar-refractivity contribution in [3.63, 3.8) is 0 Å². The average Bonchev–Trinajstić information content (AvgIpc) is 2.71.